The molecule has 0 bridgehead atoms. The van der Waals surface area contributed by atoms with Crippen molar-refractivity contribution in [3.8, 4) is 17.0 Å². The number of benzene rings is 2. The smallest absolute Gasteiger partial charge is 0.206 e. The lowest BCUT2D eigenvalue weighted by Crippen LogP contribution is -2.21. The topological polar surface area (TPSA) is 53.1 Å². The number of hydrogen-bond acceptors (Lipinski definition) is 5. The van der Waals surface area contributed by atoms with Crippen LogP contribution in [0.1, 0.15) is 25.0 Å². The van der Waals surface area contributed by atoms with Crippen LogP contribution in [0, 0.1) is 6.92 Å². The Balaban J connectivity index is 2.00. The first-order valence-electron chi connectivity index (χ1n) is 10.1. The van der Waals surface area contributed by atoms with Crippen LogP contribution in [0.15, 0.2) is 70.6 Å². The van der Waals surface area contributed by atoms with Gasteiger partial charge in [-0.1, -0.05) is 35.9 Å². The lowest BCUT2D eigenvalue weighted by Gasteiger charge is -2.21. The molecule has 0 fully saturated rings. The quantitative estimate of drug-likeness (QED) is 0.410. The molecule has 0 aliphatic carbocycles. The summed E-state index contributed by atoms with van der Waals surface area (Å²) in [6.45, 7) is 12.3. The summed E-state index contributed by atoms with van der Waals surface area (Å²) in [5.41, 5.74) is 4.89. The van der Waals surface area contributed by atoms with Gasteiger partial charge in [-0.15, -0.1) is 17.9 Å². The van der Waals surface area contributed by atoms with Gasteiger partial charge in [0, 0.05) is 41.4 Å². The zero-order chi connectivity index (χ0) is 21.5. The molecule has 0 aliphatic rings. The highest BCUT2D eigenvalue weighted by Gasteiger charge is 2.09. The van der Waals surface area contributed by atoms with E-state index in [4.69, 9.17) is 0 Å². The summed E-state index contributed by atoms with van der Waals surface area (Å²) in [6, 6.07) is 14.0. The lowest BCUT2D eigenvalue weighted by atomic mass is 10.1. The van der Waals surface area contributed by atoms with E-state index in [1.165, 1.54) is 16.9 Å². The average molecular weight is 421 g/mol. The molecule has 156 valence electrons. The minimum atomic E-state index is 0.209. The van der Waals surface area contributed by atoms with Crippen molar-refractivity contribution < 1.29 is 5.11 Å². The van der Waals surface area contributed by atoms with Gasteiger partial charge in [0.25, 0.3) is 0 Å². The van der Waals surface area contributed by atoms with Gasteiger partial charge in [-0.05, 0) is 32.9 Å². The van der Waals surface area contributed by atoms with E-state index < -0.39 is 0 Å². The number of thiazole rings is 1. The van der Waals surface area contributed by atoms with E-state index in [0.29, 0.717) is 12.1 Å². The summed E-state index contributed by atoms with van der Waals surface area (Å²) < 4.78 is 1.82. The van der Waals surface area contributed by atoms with Crippen LogP contribution in [0.4, 0.5) is 5.69 Å². The van der Waals surface area contributed by atoms with Crippen LogP contribution in [-0.2, 0) is 0 Å². The first kappa shape index (κ1) is 21.6. The molecule has 30 heavy (non-hydrogen) atoms. The van der Waals surface area contributed by atoms with Crippen LogP contribution in [-0.4, -0.2) is 35.6 Å². The van der Waals surface area contributed by atoms with E-state index in [1.807, 2.05) is 22.2 Å². The summed E-state index contributed by atoms with van der Waals surface area (Å²) in [4.78, 5) is 7.53. The number of hydrogen-bond donors (Lipinski definition) is 1. The van der Waals surface area contributed by atoms with Gasteiger partial charge < -0.3 is 10.0 Å². The van der Waals surface area contributed by atoms with Crippen molar-refractivity contribution in [1.82, 2.24) is 4.68 Å². The van der Waals surface area contributed by atoms with Gasteiger partial charge in [-0.3, -0.25) is 4.99 Å². The number of aromatic hydroxyl groups is 1. The summed E-state index contributed by atoms with van der Waals surface area (Å²) >= 11 is 1.53. The minimum absolute atomic E-state index is 0.209. The highest BCUT2D eigenvalue weighted by Crippen LogP contribution is 2.24. The Kier molecular flexibility index (Phi) is 7.25. The molecular formula is C24H28N4OS. The van der Waals surface area contributed by atoms with Gasteiger partial charge >= 0.3 is 0 Å². The molecule has 3 aromatic rings. The molecule has 0 aliphatic heterocycles. The standard InChI is InChI=1S/C24H28N4OS/c1-5-14-25-24-28(22(17-30-24)19-10-8-18(4)9-11-19)26-16-20-12-13-21(15-23(20)29)27(6-2)7-3/h5,8-13,15-17,29H,1,6-7,14H2,2-4H3. The molecule has 0 saturated heterocycles. The van der Waals surface area contributed by atoms with Gasteiger partial charge in [0.1, 0.15) is 5.75 Å². The van der Waals surface area contributed by atoms with Crippen LogP contribution in [0.25, 0.3) is 11.3 Å². The van der Waals surface area contributed by atoms with Crippen LogP contribution in [0.2, 0.25) is 0 Å². The molecule has 3 rings (SSSR count). The zero-order valence-electron chi connectivity index (χ0n) is 17.7. The molecule has 0 unspecified atom stereocenters. The van der Waals surface area contributed by atoms with Crippen LogP contribution in [0.5, 0.6) is 5.75 Å². The highest BCUT2D eigenvalue weighted by atomic mass is 32.1. The van der Waals surface area contributed by atoms with Crippen molar-refractivity contribution in [3.63, 3.8) is 0 Å². The van der Waals surface area contributed by atoms with E-state index in [0.717, 1.165) is 34.8 Å². The molecule has 0 saturated carbocycles. The Labute approximate surface area is 182 Å². The number of anilines is 1. The maximum atomic E-state index is 10.5. The van der Waals surface area contributed by atoms with Crippen LogP contribution in [0.3, 0.4) is 0 Å². The zero-order valence-corrected chi connectivity index (χ0v) is 18.6. The molecule has 1 N–H and O–H groups in total. The van der Waals surface area contributed by atoms with Gasteiger partial charge in [0.05, 0.1) is 18.5 Å². The predicted octanol–water partition coefficient (Wildman–Crippen LogP) is 5.05. The molecule has 6 heteroatoms. The second kappa shape index (κ2) is 10.1. The predicted molar refractivity (Wildman–Crippen MR) is 128 cm³/mol. The van der Waals surface area contributed by atoms with Gasteiger partial charge in [-0.2, -0.15) is 5.10 Å². The minimum Gasteiger partial charge on any atom is -0.507 e. The third-order valence-electron chi connectivity index (χ3n) is 4.84. The van der Waals surface area contributed by atoms with Crippen LogP contribution >= 0.6 is 11.3 Å². The Morgan fingerprint density at radius 1 is 1.13 bits per heavy atom. The van der Waals surface area contributed by atoms with E-state index in [1.54, 1.807) is 18.4 Å². The molecule has 0 amide bonds. The van der Waals surface area contributed by atoms with E-state index in [2.05, 4.69) is 66.6 Å². The third kappa shape index (κ3) is 4.89. The maximum Gasteiger partial charge on any atom is 0.206 e. The second-order valence-corrected chi connectivity index (χ2v) is 7.71. The van der Waals surface area contributed by atoms with E-state index >= 15 is 0 Å². The largest absolute Gasteiger partial charge is 0.507 e. The number of aryl methyl sites for hydroxylation is 1. The molecule has 1 heterocycles. The Bertz CT molecular complexity index is 1090. The van der Waals surface area contributed by atoms with E-state index in [9.17, 15) is 5.11 Å². The number of phenolic OH excluding ortho intramolecular Hbond substituents is 1. The molecular weight excluding hydrogens is 392 g/mol. The van der Waals surface area contributed by atoms with Crippen molar-refractivity contribution in [3.05, 3.63) is 76.4 Å². The van der Waals surface area contributed by atoms with Gasteiger partial charge in [-0.25, -0.2) is 4.68 Å². The Morgan fingerprint density at radius 2 is 1.87 bits per heavy atom. The highest BCUT2D eigenvalue weighted by molar-refractivity contribution is 7.07. The van der Waals surface area contributed by atoms with Crippen molar-refractivity contribution >= 4 is 23.2 Å². The number of nitrogens with zero attached hydrogens (tertiary/aromatic N) is 4. The summed E-state index contributed by atoms with van der Waals surface area (Å²) in [7, 11) is 0. The molecule has 0 spiro atoms. The molecule has 2 aromatic carbocycles. The maximum absolute atomic E-state index is 10.5. The lowest BCUT2D eigenvalue weighted by molar-refractivity contribution is 0.474. The van der Waals surface area contributed by atoms with Gasteiger partial charge in [0.15, 0.2) is 0 Å². The average Bonchev–Trinajstić information content (AvgIpc) is 3.15. The Hall–Kier alpha value is -3.12. The fourth-order valence-corrected chi connectivity index (χ4v) is 3.98. The summed E-state index contributed by atoms with van der Waals surface area (Å²) in [6.07, 6.45) is 3.44. The number of aromatic nitrogens is 1. The first-order valence-corrected chi connectivity index (χ1v) is 11.0. The monoisotopic (exact) mass is 420 g/mol. The van der Waals surface area contributed by atoms with Crippen LogP contribution < -0.4 is 9.70 Å². The fourth-order valence-electron chi connectivity index (χ4n) is 3.13. The Morgan fingerprint density at radius 3 is 2.50 bits per heavy atom. The molecule has 0 radical (unpaired) electrons. The number of phenols is 1. The molecule has 0 atom stereocenters. The SMILES string of the molecule is C=CCN=c1scc(-c2ccc(C)cc2)n1N=Cc1ccc(N(CC)CC)cc1O. The first-order chi connectivity index (χ1) is 14.6. The molecule has 5 nitrogen and oxygen atoms in total. The second-order valence-electron chi connectivity index (χ2n) is 6.87. The normalized spacial score (nSPS) is 11.9. The van der Waals surface area contributed by atoms with E-state index in [-0.39, 0.29) is 5.75 Å². The van der Waals surface area contributed by atoms with Gasteiger partial charge in [0.2, 0.25) is 4.80 Å². The fraction of sp³-hybridized carbons (Fsp3) is 0.250. The summed E-state index contributed by atoms with van der Waals surface area (Å²) in [5.74, 6) is 0.209. The van der Waals surface area contributed by atoms with Crippen molar-refractivity contribution in [1.29, 1.82) is 0 Å². The molecule has 1 aromatic heterocycles. The number of rotatable bonds is 8. The van der Waals surface area contributed by atoms with Crippen molar-refractivity contribution in [2.45, 2.75) is 20.8 Å². The summed E-state index contributed by atoms with van der Waals surface area (Å²) in [5, 5.41) is 17.2. The van der Waals surface area contributed by atoms with Crippen molar-refractivity contribution in [2.75, 3.05) is 24.5 Å². The van der Waals surface area contributed by atoms with Crippen molar-refractivity contribution in [2.24, 2.45) is 10.1 Å². The third-order valence-corrected chi connectivity index (χ3v) is 5.70.